The van der Waals surface area contributed by atoms with Gasteiger partial charge in [0.2, 0.25) is 0 Å². The lowest BCUT2D eigenvalue weighted by atomic mass is 9.96. The molecule has 1 aliphatic heterocycles. The van der Waals surface area contributed by atoms with Gasteiger partial charge in [0, 0.05) is 37.2 Å². The van der Waals surface area contributed by atoms with Crippen molar-refractivity contribution < 1.29 is 14.0 Å². The fourth-order valence-corrected chi connectivity index (χ4v) is 3.97. The second kappa shape index (κ2) is 7.77. The summed E-state index contributed by atoms with van der Waals surface area (Å²) >= 11 is 0. The van der Waals surface area contributed by atoms with Crippen LogP contribution in [0.1, 0.15) is 31.8 Å². The van der Waals surface area contributed by atoms with Crippen LogP contribution >= 0.6 is 0 Å². The maximum atomic E-state index is 13.9. The van der Waals surface area contributed by atoms with Gasteiger partial charge in [0.15, 0.2) is 0 Å². The molecule has 160 valence electrons. The summed E-state index contributed by atoms with van der Waals surface area (Å²) in [6, 6.07) is 11.0. The van der Waals surface area contributed by atoms with E-state index in [9.17, 15) is 18.8 Å². The zero-order valence-electron chi connectivity index (χ0n) is 16.8. The van der Waals surface area contributed by atoms with Crippen molar-refractivity contribution in [3.8, 4) is 0 Å². The fraction of sp³-hybridized carbons (Fsp3) is 0.130. The van der Waals surface area contributed by atoms with Crippen molar-refractivity contribution >= 4 is 23.0 Å². The summed E-state index contributed by atoms with van der Waals surface area (Å²) in [6.07, 6.45) is 5.24. The van der Waals surface area contributed by atoms with Crippen LogP contribution < -0.4 is 10.9 Å². The van der Waals surface area contributed by atoms with E-state index < -0.39 is 17.3 Å². The van der Waals surface area contributed by atoms with Crippen LogP contribution in [0, 0.1) is 5.82 Å². The standard InChI is InChI=1S/C23H18FN5O3/c24-18-3-1-2-4-19(18)27-22(31)20-17-7-9-28(13-15(17)12-25-21(20)30)23(32)14-6-10-29-16(11-14)5-8-26-29/h1-6,8,10-12H,7,9,13H2,(H,25,30)(H,27,31). The third-order valence-electron chi connectivity index (χ3n) is 5.57. The van der Waals surface area contributed by atoms with Crippen LogP contribution in [0.15, 0.2) is 65.8 Å². The first kappa shape index (κ1) is 19.7. The summed E-state index contributed by atoms with van der Waals surface area (Å²) in [6.45, 7) is 0.592. The molecule has 0 saturated carbocycles. The highest BCUT2D eigenvalue weighted by atomic mass is 19.1. The Kier molecular flexibility index (Phi) is 4.78. The Morgan fingerprint density at radius 3 is 2.84 bits per heavy atom. The Labute approximate surface area is 181 Å². The fourth-order valence-electron chi connectivity index (χ4n) is 3.97. The summed E-state index contributed by atoms with van der Waals surface area (Å²) < 4.78 is 15.6. The lowest BCUT2D eigenvalue weighted by Crippen LogP contribution is -2.38. The minimum absolute atomic E-state index is 0.00243. The van der Waals surface area contributed by atoms with Crippen LogP contribution in [-0.2, 0) is 13.0 Å². The van der Waals surface area contributed by atoms with Crippen molar-refractivity contribution in [2.75, 3.05) is 11.9 Å². The largest absolute Gasteiger partial charge is 0.334 e. The van der Waals surface area contributed by atoms with E-state index in [2.05, 4.69) is 15.4 Å². The van der Waals surface area contributed by atoms with Crippen molar-refractivity contribution in [1.82, 2.24) is 19.5 Å². The van der Waals surface area contributed by atoms with Gasteiger partial charge in [-0.05, 0) is 47.9 Å². The van der Waals surface area contributed by atoms with Crippen molar-refractivity contribution in [1.29, 1.82) is 0 Å². The maximum absolute atomic E-state index is 13.9. The first-order chi connectivity index (χ1) is 15.5. The lowest BCUT2D eigenvalue weighted by Gasteiger charge is -2.29. The number of aromatic amines is 1. The molecule has 2 amide bonds. The number of anilines is 1. The first-order valence-corrected chi connectivity index (χ1v) is 10.0. The molecule has 32 heavy (non-hydrogen) atoms. The number of carbonyl (C=O) groups is 2. The SMILES string of the molecule is O=C(Nc1ccccc1F)c1c2c(c[nH]c1=O)CN(C(=O)c1ccn3nccc3c1)CC2. The Hall–Kier alpha value is -4.27. The van der Waals surface area contributed by atoms with E-state index in [0.717, 1.165) is 5.52 Å². The number of rotatable bonds is 3. The normalized spacial score (nSPS) is 13.1. The Morgan fingerprint density at radius 1 is 1.16 bits per heavy atom. The van der Waals surface area contributed by atoms with Crippen molar-refractivity contribution in [2.24, 2.45) is 0 Å². The lowest BCUT2D eigenvalue weighted by molar-refractivity contribution is 0.0734. The number of hydrogen-bond acceptors (Lipinski definition) is 4. The monoisotopic (exact) mass is 431 g/mol. The van der Waals surface area contributed by atoms with E-state index in [4.69, 9.17) is 0 Å². The predicted octanol–water partition coefficient (Wildman–Crippen LogP) is 2.61. The van der Waals surface area contributed by atoms with Gasteiger partial charge in [-0.3, -0.25) is 14.4 Å². The number of aromatic nitrogens is 3. The second-order valence-corrected chi connectivity index (χ2v) is 7.52. The van der Waals surface area contributed by atoms with E-state index in [1.54, 1.807) is 40.0 Å². The Bertz CT molecular complexity index is 1420. The molecule has 0 atom stereocenters. The van der Waals surface area contributed by atoms with E-state index in [0.29, 0.717) is 29.7 Å². The molecule has 4 aromatic rings. The maximum Gasteiger partial charge on any atom is 0.261 e. The van der Waals surface area contributed by atoms with Crippen LogP contribution in [0.3, 0.4) is 0 Å². The molecule has 9 heteroatoms. The van der Waals surface area contributed by atoms with Gasteiger partial charge in [0.05, 0.1) is 11.2 Å². The number of pyridine rings is 2. The van der Waals surface area contributed by atoms with Crippen molar-refractivity contribution in [3.05, 3.63) is 99.5 Å². The number of halogens is 1. The zero-order chi connectivity index (χ0) is 22.2. The third-order valence-corrected chi connectivity index (χ3v) is 5.57. The molecular weight excluding hydrogens is 413 g/mol. The third kappa shape index (κ3) is 3.43. The molecule has 1 aliphatic rings. The number of amides is 2. The summed E-state index contributed by atoms with van der Waals surface area (Å²) in [5.74, 6) is -1.42. The molecule has 0 unspecified atom stereocenters. The molecule has 0 radical (unpaired) electrons. The number of fused-ring (bicyclic) bond motifs is 2. The van der Waals surface area contributed by atoms with E-state index in [1.165, 1.54) is 24.4 Å². The molecule has 0 saturated heterocycles. The summed E-state index contributed by atoms with van der Waals surface area (Å²) in [4.78, 5) is 42.5. The molecule has 8 nitrogen and oxygen atoms in total. The molecule has 2 N–H and O–H groups in total. The van der Waals surface area contributed by atoms with Gasteiger partial charge in [-0.2, -0.15) is 5.10 Å². The molecule has 0 aliphatic carbocycles. The van der Waals surface area contributed by atoms with E-state index in [-0.39, 0.29) is 23.7 Å². The molecule has 0 spiro atoms. The number of hydrogen-bond donors (Lipinski definition) is 2. The molecule has 1 aromatic carbocycles. The van der Waals surface area contributed by atoms with Gasteiger partial charge >= 0.3 is 0 Å². The molecule has 5 rings (SSSR count). The minimum atomic E-state index is -0.681. The quantitative estimate of drug-likeness (QED) is 0.521. The topological polar surface area (TPSA) is 99.6 Å². The van der Waals surface area contributed by atoms with Gasteiger partial charge in [0.25, 0.3) is 17.4 Å². The van der Waals surface area contributed by atoms with Crippen molar-refractivity contribution in [2.45, 2.75) is 13.0 Å². The summed E-state index contributed by atoms with van der Waals surface area (Å²) in [5.41, 5.74) is 1.97. The van der Waals surface area contributed by atoms with Gasteiger partial charge in [-0.25, -0.2) is 8.91 Å². The van der Waals surface area contributed by atoms with E-state index >= 15 is 0 Å². The highest BCUT2D eigenvalue weighted by Gasteiger charge is 2.27. The average Bonchev–Trinajstić information content (AvgIpc) is 3.27. The Balaban J connectivity index is 1.41. The van der Waals surface area contributed by atoms with Crippen LogP contribution in [-0.4, -0.2) is 37.9 Å². The zero-order valence-corrected chi connectivity index (χ0v) is 16.8. The highest BCUT2D eigenvalue weighted by molar-refractivity contribution is 6.05. The van der Waals surface area contributed by atoms with Crippen LogP contribution in [0.2, 0.25) is 0 Å². The van der Waals surface area contributed by atoms with Crippen LogP contribution in [0.5, 0.6) is 0 Å². The summed E-state index contributed by atoms with van der Waals surface area (Å²) in [7, 11) is 0. The van der Waals surface area contributed by atoms with Crippen molar-refractivity contribution in [3.63, 3.8) is 0 Å². The summed E-state index contributed by atoms with van der Waals surface area (Å²) in [5, 5.41) is 6.60. The molecular formula is C23H18FN5O3. The predicted molar refractivity (Wildman–Crippen MR) is 115 cm³/mol. The Morgan fingerprint density at radius 2 is 2.00 bits per heavy atom. The van der Waals surface area contributed by atoms with Gasteiger partial charge < -0.3 is 15.2 Å². The first-order valence-electron chi connectivity index (χ1n) is 10.0. The number of para-hydroxylation sites is 1. The van der Waals surface area contributed by atoms with E-state index in [1.807, 2.05) is 6.07 Å². The minimum Gasteiger partial charge on any atom is -0.334 e. The smallest absolute Gasteiger partial charge is 0.261 e. The van der Waals surface area contributed by atoms with Gasteiger partial charge in [0.1, 0.15) is 11.4 Å². The number of carbonyl (C=O) groups excluding carboxylic acids is 2. The highest BCUT2D eigenvalue weighted by Crippen LogP contribution is 2.23. The number of nitrogens with zero attached hydrogens (tertiary/aromatic N) is 3. The number of nitrogens with one attached hydrogen (secondary N) is 2. The van der Waals surface area contributed by atoms with Gasteiger partial charge in [-0.15, -0.1) is 0 Å². The molecule has 0 fully saturated rings. The molecule has 3 aromatic heterocycles. The number of H-pyrrole nitrogens is 1. The average molecular weight is 431 g/mol. The second-order valence-electron chi connectivity index (χ2n) is 7.52. The molecule has 4 heterocycles. The van der Waals surface area contributed by atoms with Crippen LogP contribution in [0.25, 0.3) is 5.52 Å². The molecule has 0 bridgehead atoms. The van der Waals surface area contributed by atoms with Gasteiger partial charge in [-0.1, -0.05) is 12.1 Å². The van der Waals surface area contributed by atoms with Crippen LogP contribution in [0.4, 0.5) is 10.1 Å². The number of benzene rings is 1.